The van der Waals surface area contributed by atoms with Crippen molar-refractivity contribution in [3.05, 3.63) is 135 Å². The fourth-order valence-electron chi connectivity index (χ4n) is 7.98. The van der Waals surface area contributed by atoms with Crippen LogP contribution in [-0.4, -0.2) is 28.9 Å². The molecule has 0 bridgehead atoms. The van der Waals surface area contributed by atoms with E-state index < -0.39 is 47.3 Å². The predicted molar refractivity (Wildman–Crippen MR) is 174 cm³/mol. The number of esters is 1. The summed E-state index contributed by atoms with van der Waals surface area (Å²) in [5.41, 5.74) is 1.55. The molecule has 2 unspecified atom stereocenters. The summed E-state index contributed by atoms with van der Waals surface area (Å²) in [6.45, 7) is 6.35. The molecule has 0 radical (unpaired) electrons. The molecule has 1 spiro atoms. The zero-order chi connectivity index (χ0) is 31.7. The summed E-state index contributed by atoms with van der Waals surface area (Å²) < 4.78 is 22.7. The summed E-state index contributed by atoms with van der Waals surface area (Å²) >= 11 is 12.8. The van der Waals surface area contributed by atoms with E-state index in [0.717, 1.165) is 11.1 Å². The number of cyclic esters (lactones) is 1. The van der Waals surface area contributed by atoms with Gasteiger partial charge < -0.3 is 10.1 Å². The number of nitrogens with zero attached hydrogens (tertiary/aromatic N) is 1. The summed E-state index contributed by atoms with van der Waals surface area (Å²) in [6, 6.07) is 27.7. The predicted octanol–water partition coefficient (Wildman–Crippen LogP) is 8.63. The van der Waals surface area contributed by atoms with E-state index >= 15 is 4.39 Å². The molecular weight excluding hydrogens is 610 g/mol. The van der Waals surface area contributed by atoms with Gasteiger partial charge in [-0.1, -0.05) is 123 Å². The number of anilines is 1. The quantitative estimate of drug-likeness (QED) is 0.226. The van der Waals surface area contributed by atoms with Crippen LogP contribution in [0.25, 0.3) is 0 Å². The molecule has 2 fully saturated rings. The van der Waals surface area contributed by atoms with E-state index in [1.807, 2.05) is 66.7 Å². The molecule has 4 aromatic rings. The molecule has 45 heavy (non-hydrogen) atoms. The molecule has 5 nitrogen and oxygen atoms in total. The first-order chi connectivity index (χ1) is 21.5. The lowest BCUT2D eigenvalue weighted by atomic mass is 9.62. The summed E-state index contributed by atoms with van der Waals surface area (Å²) in [5.74, 6) is -2.42. The van der Waals surface area contributed by atoms with Gasteiger partial charge in [-0.3, -0.25) is 14.5 Å². The van der Waals surface area contributed by atoms with Crippen molar-refractivity contribution in [1.82, 2.24) is 4.90 Å². The first kappa shape index (κ1) is 30.0. The van der Waals surface area contributed by atoms with Gasteiger partial charge in [0, 0.05) is 22.7 Å². The van der Waals surface area contributed by atoms with E-state index in [0.29, 0.717) is 22.7 Å². The van der Waals surface area contributed by atoms with Crippen LogP contribution in [0.1, 0.15) is 67.5 Å². The minimum atomic E-state index is -1.37. The van der Waals surface area contributed by atoms with Crippen LogP contribution in [-0.2, 0) is 19.7 Å². The summed E-state index contributed by atoms with van der Waals surface area (Å²) in [5, 5.41) is 3.47. The van der Waals surface area contributed by atoms with E-state index in [9.17, 15) is 9.59 Å². The van der Waals surface area contributed by atoms with Gasteiger partial charge >= 0.3 is 5.97 Å². The molecule has 3 heterocycles. The lowest BCUT2D eigenvalue weighted by Gasteiger charge is -2.47. The molecule has 8 heteroatoms. The molecule has 0 saturated carbocycles. The standard InChI is InChI=1S/C37H33Cl2FN2O3/c1-36(2,3)20-28-37(25-18-17-23(38)19-27(25)41-35(37)44)29(24-15-10-16-26(39)30(24)40)32-34(43)45-33(22-13-8-5-9-14-22)31(42(28)32)21-11-6-4-7-12-21/h4-19,28-29,31-33H,20H2,1-3H3,(H,41,44)/t28-,29+,31-,32?,33+,37?/m1/s1. The Morgan fingerprint density at radius 1 is 0.867 bits per heavy atom. The minimum absolute atomic E-state index is 0.0749. The highest BCUT2D eigenvalue weighted by atomic mass is 35.5. The van der Waals surface area contributed by atoms with Gasteiger partial charge in [0.15, 0.2) is 0 Å². The Morgan fingerprint density at radius 2 is 1.53 bits per heavy atom. The maximum absolute atomic E-state index is 16.3. The lowest BCUT2D eigenvalue weighted by molar-refractivity contribution is -0.176. The topological polar surface area (TPSA) is 58.6 Å². The van der Waals surface area contributed by atoms with Crippen LogP contribution in [0.15, 0.2) is 97.1 Å². The van der Waals surface area contributed by atoms with E-state index in [1.165, 1.54) is 6.07 Å². The highest BCUT2D eigenvalue weighted by molar-refractivity contribution is 6.31. The molecule has 0 aromatic heterocycles. The number of amides is 1. The van der Waals surface area contributed by atoms with Gasteiger partial charge in [-0.25, -0.2) is 4.39 Å². The SMILES string of the molecule is CC(C)(C)C[C@H]1N2C(C(=O)O[C@@H](c3ccccc3)[C@H]2c2ccccc2)[C@H](c2cccc(Cl)c2F)C12C(=O)Nc1cc(Cl)ccc12. The van der Waals surface area contributed by atoms with Crippen molar-refractivity contribution in [3.8, 4) is 0 Å². The highest BCUT2D eigenvalue weighted by Crippen LogP contribution is 2.64. The van der Waals surface area contributed by atoms with Gasteiger partial charge in [-0.05, 0) is 52.3 Å². The Hall–Kier alpha value is -3.71. The van der Waals surface area contributed by atoms with Crippen molar-refractivity contribution in [2.45, 2.75) is 62.8 Å². The minimum Gasteiger partial charge on any atom is -0.454 e. The van der Waals surface area contributed by atoms with E-state index in [1.54, 1.807) is 24.3 Å². The highest BCUT2D eigenvalue weighted by Gasteiger charge is 2.72. The van der Waals surface area contributed by atoms with Crippen LogP contribution in [0, 0.1) is 11.2 Å². The molecule has 230 valence electrons. The molecule has 7 rings (SSSR count). The lowest BCUT2D eigenvalue weighted by Crippen LogP contribution is -2.54. The Balaban J connectivity index is 1.58. The van der Waals surface area contributed by atoms with Gasteiger partial charge in [-0.2, -0.15) is 0 Å². The normalized spacial score (nSPS) is 27.6. The Kier molecular flexibility index (Phi) is 7.31. The van der Waals surface area contributed by atoms with Crippen molar-refractivity contribution < 1.29 is 18.7 Å². The van der Waals surface area contributed by atoms with Gasteiger partial charge in [-0.15, -0.1) is 0 Å². The molecule has 0 aliphatic carbocycles. The second-order valence-electron chi connectivity index (χ2n) is 13.4. The third-order valence-corrected chi connectivity index (χ3v) is 10.1. The van der Waals surface area contributed by atoms with Gasteiger partial charge in [0.2, 0.25) is 5.91 Å². The number of carbonyl (C=O) groups is 2. The number of ether oxygens (including phenoxy) is 1. The molecule has 3 aliphatic rings. The zero-order valence-corrected chi connectivity index (χ0v) is 26.6. The number of nitrogens with one attached hydrogen (secondary N) is 1. The number of hydrogen-bond acceptors (Lipinski definition) is 4. The van der Waals surface area contributed by atoms with Gasteiger partial charge in [0.05, 0.1) is 11.1 Å². The largest absolute Gasteiger partial charge is 0.454 e. The van der Waals surface area contributed by atoms with Crippen molar-refractivity contribution in [3.63, 3.8) is 0 Å². The smallest absolute Gasteiger partial charge is 0.324 e. The average Bonchev–Trinajstić information content (AvgIpc) is 3.46. The first-order valence-corrected chi connectivity index (χ1v) is 15.9. The van der Waals surface area contributed by atoms with Crippen LogP contribution in [0.3, 0.4) is 0 Å². The average molecular weight is 644 g/mol. The van der Waals surface area contributed by atoms with Crippen molar-refractivity contribution in [1.29, 1.82) is 0 Å². The molecule has 1 amide bonds. The fraction of sp³-hybridized carbons (Fsp3) is 0.297. The number of carbonyl (C=O) groups excluding carboxylic acids is 2. The van der Waals surface area contributed by atoms with Crippen molar-refractivity contribution in [2.24, 2.45) is 5.41 Å². The number of halogens is 3. The molecule has 4 aromatic carbocycles. The Labute approximate surface area is 272 Å². The fourth-order valence-corrected chi connectivity index (χ4v) is 8.33. The summed E-state index contributed by atoms with van der Waals surface area (Å²) in [6.07, 6.45) is -0.149. The van der Waals surface area contributed by atoms with Crippen LogP contribution < -0.4 is 5.32 Å². The number of rotatable bonds is 4. The second kappa shape index (κ2) is 11.0. The molecule has 6 atom stereocenters. The number of morpholine rings is 1. The van der Waals surface area contributed by atoms with E-state index in [4.69, 9.17) is 27.9 Å². The number of hydrogen-bond donors (Lipinski definition) is 1. The molecular formula is C37H33Cl2FN2O3. The first-order valence-electron chi connectivity index (χ1n) is 15.2. The van der Waals surface area contributed by atoms with E-state index in [-0.39, 0.29) is 21.9 Å². The number of fused-ring (bicyclic) bond motifs is 3. The maximum Gasteiger partial charge on any atom is 0.324 e. The Morgan fingerprint density at radius 3 is 2.20 bits per heavy atom. The van der Waals surface area contributed by atoms with Crippen LogP contribution in [0.2, 0.25) is 10.0 Å². The molecule has 1 N–H and O–H groups in total. The van der Waals surface area contributed by atoms with Crippen LogP contribution in [0.5, 0.6) is 0 Å². The molecule has 2 saturated heterocycles. The van der Waals surface area contributed by atoms with E-state index in [2.05, 4.69) is 31.0 Å². The van der Waals surface area contributed by atoms with Crippen LogP contribution >= 0.6 is 23.2 Å². The van der Waals surface area contributed by atoms with Gasteiger partial charge in [0.25, 0.3) is 0 Å². The number of benzene rings is 4. The van der Waals surface area contributed by atoms with Crippen LogP contribution in [0.4, 0.5) is 10.1 Å². The molecule has 3 aliphatic heterocycles. The van der Waals surface area contributed by atoms with Crippen molar-refractivity contribution >= 4 is 40.8 Å². The van der Waals surface area contributed by atoms with Crippen molar-refractivity contribution in [2.75, 3.05) is 5.32 Å². The Bertz CT molecular complexity index is 1790. The summed E-state index contributed by atoms with van der Waals surface area (Å²) in [4.78, 5) is 31.5. The van der Waals surface area contributed by atoms with Gasteiger partial charge in [0.1, 0.15) is 23.4 Å². The monoisotopic (exact) mass is 642 g/mol. The maximum atomic E-state index is 16.3. The summed E-state index contributed by atoms with van der Waals surface area (Å²) in [7, 11) is 0. The third kappa shape index (κ3) is 4.68. The third-order valence-electron chi connectivity index (χ3n) is 9.55. The second-order valence-corrected chi connectivity index (χ2v) is 14.3. The zero-order valence-electron chi connectivity index (χ0n) is 25.1.